The van der Waals surface area contributed by atoms with E-state index in [0.717, 1.165) is 39.7 Å². The van der Waals surface area contributed by atoms with Crippen LogP contribution in [0.2, 0.25) is 0 Å². The van der Waals surface area contributed by atoms with Gasteiger partial charge in [0.15, 0.2) is 0 Å². The van der Waals surface area contributed by atoms with Gasteiger partial charge in [0.25, 0.3) is 0 Å². The molecular weight excluding hydrogens is 467 g/mol. The van der Waals surface area contributed by atoms with Crippen LogP contribution in [0, 0.1) is 17.5 Å². The molecule has 0 aliphatic heterocycles. The van der Waals surface area contributed by atoms with Crippen LogP contribution >= 0.6 is 0 Å². The van der Waals surface area contributed by atoms with E-state index >= 15 is 0 Å². The summed E-state index contributed by atoms with van der Waals surface area (Å²) in [6.07, 6.45) is 0. The molecule has 0 saturated heterocycles. The molecule has 0 bridgehead atoms. The first kappa shape index (κ1) is 23.1. The van der Waals surface area contributed by atoms with Gasteiger partial charge in [-0.2, -0.15) is 0 Å². The summed E-state index contributed by atoms with van der Waals surface area (Å²) in [6, 6.07) is 32.0. The predicted octanol–water partition coefficient (Wildman–Crippen LogP) is 9.55. The van der Waals surface area contributed by atoms with E-state index in [1.54, 1.807) is 12.1 Å². The molecule has 0 atom stereocenters. The summed E-state index contributed by atoms with van der Waals surface area (Å²) in [7, 11) is 0. The number of anilines is 3. The monoisotopic (exact) mass is 491 g/mol. The SMILES string of the molecule is CC1(C)c2ccccc2-c2ccc(N(c3cc(F)cc(F)c3)c3ccccc3-c3ccc(F)cc3)cc21. The van der Waals surface area contributed by atoms with E-state index in [1.807, 2.05) is 47.4 Å². The average Bonchev–Trinajstić information content (AvgIpc) is 3.11. The number of halogens is 3. The zero-order chi connectivity index (χ0) is 25.7. The van der Waals surface area contributed by atoms with Gasteiger partial charge in [0.2, 0.25) is 0 Å². The highest BCUT2D eigenvalue weighted by atomic mass is 19.1. The van der Waals surface area contributed by atoms with Gasteiger partial charge in [-0.15, -0.1) is 0 Å². The van der Waals surface area contributed by atoms with Gasteiger partial charge in [-0.3, -0.25) is 0 Å². The third-order valence-electron chi connectivity index (χ3n) is 7.23. The number of benzene rings is 5. The molecule has 0 heterocycles. The van der Waals surface area contributed by atoms with Crippen LogP contribution in [-0.2, 0) is 5.41 Å². The summed E-state index contributed by atoms with van der Waals surface area (Å²) >= 11 is 0. The van der Waals surface area contributed by atoms with Crippen molar-refractivity contribution in [1.29, 1.82) is 0 Å². The van der Waals surface area contributed by atoms with Crippen LogP contribution in [-0.4, -0.2) is 0 Å². The molecule has 1 aliphatic rings. The van der Waals surface area contributed by atoms with Crippen molar-refractivity contribution in [3.63, 3.8) is 0 Å². The number of nitrogens with zero attached hydrogens (tertiary/aromatic N) is 1. The molecule has 0 spiro atoms. The summed E-state index contributed by atoms with van der Waals surface area (Å²) in [5.74, 6) is -1.65. The zero-order valence-electron chi connectivity index (χ0n) is 20.5. The molecule has 182 valence electrons. The largest absolute Gasteiger partial charge is 0.310 e. The van der Waals surface area contributed by atoms with Crippen molar-refractivity contribution in [2.24, 2.45) is 0 Å². The minimum Gasteiger partial charge on any atom is -0.310 e. The summed E-state index contributed by atoms with van der Waals surface area (Å²) in [5.41, 5.74) is 7.99. The van der Waals surface area contributed by atoms with Crippen LogP contribution in [0.25, 0.3) is 22.3 Å². The molecule has 1 aliphatic carbocycles. The van der Waals surface area contributed by atoms with Crippen LogP contribution in [0.5, 0.6) is 0 Å². The Bertz CT molecular complexity index is 1620. The standard InChI is InChI=1S/C33H24F3N/c1-33(2)30-9-5-3-8-28(30)29-16-15-25(20-31(29)33)37(26-18-23(35)17-24(36)19-26)32-10-6-4-7-27(32)21-11-13-22(34)14-12-21/h3-20H,1-2H3. The lowest BCUT2D eigenvalue weighted by atomic mass is 9.82. The van der Waals surface area contributed by atoms with Crippen molar-refractivity contribution in [3.05, 3.63) is 138 Å². The molecule has 4 heteroatoms. The molecule has 0 aromatic heterocycles. The molecule has 0 radical (unpaired) electrons. The lowest BCUT2D eigenvalue weighted by Gasteiger charge is -2.30. The third kappa shape index (κ3) is 3.89. The number of hydrogen-bond donors (Lipinski definition) is 0. The van der Waals surface area contributed by atoms with E-state index in [0.29, 0.717) is 5.69 Å². The Labute approximate surface area is 214 Å². The maximum Gasteiger partial charge on any atom is 0.128 e. The highest BCUT2D eigenvalue weighted by Crippen LogP contribution is 2.51. The molecule has 6 rings (SSSR count). The molecule has 37 heavy (non-hydrogen) atoms. The van der Waals surface area contributed by atoms with Gasteiger partial charge in [-0.25, -0.2) is 13.2 Å². The smallest absolute Gasteiger partial charge is 0.128 e. The van der Waals surface area contributed by atoms with E-state index in [1.165, 1.54) is 35.4 Å². The minimum absolute atomic E-state index is 0.239. The Morgan fingerprint density at radius 3 is 1.86 bits per heavy atom. The van der Waals surface area contributed by atoms with Gasteiger partial charge in [-0.1, -0.05) is 74.5 Å². The number of fused-ring (bicyclic) bond motifs is 3. The van der Waals surface area contributed by atoms with Crippen molar-refractivity contribution in [1.82, 2.24) is 0 Å². The topological polar surface area (TPSA) is 3.24 Å². The van der Waals surface area contributed by atoms with Gasteiger partial charge >= 0.3 is 0 Å². The Balaban J connectivity index is 1.59. The van der Waals surface area contributed by atoms with Crippen molar-refractivity contribution in [3.8, 4) is 22.3 Å². The van der Waals surface area contributed by atoms with Crippen LogP contribution < -0.4 is 4.90 Å². The highest BCUT2D eigenvalue weighted by molar-refractivity contribution is 5.90. The second kappa shape index (κ2) is 8.67. The lowest BCUT2D eigenvalue weighted by molar-refractivity contribution is 0.583. The van der Waals surface area contributed by atoms with Crippen LogP contribution in [0.1, 0.15) is 25.0 Å². The first-order valence-electron chi connectivity index (χ1n) is 12.2. The van der Waals surface area contributed by atoms with Gasteiger partial charge in [0, 0.05) is 22.7 Å². The van der Waals surface area contributed by atoms with E-state index in [9.17, 15) is 13.2 Å². The average molecular weight is 492 g/mol. The van der Waals surface area contributed by atoms with E-state index in [2.05, 4.69) is 38.1 Å². The molecule has 5 aromatic rings. The molecule has 0 N–H and O–H groups in total. The van der Waals surface area contributed by atoms with Crippen LogP contribution in [0.15, 0.2) is 109 Å². The van der Waals surface area contributed by atoms with Gasteiger partial charge in [-0.05, 0) is 70.3 Å². The Kier molecular flexibility index (Phi) is 5.41. The van der Waals surface area contributed by atoms with Gasteiger partial charge in [0.1, 0.15) is 17.5 Å². The molecule has 5 aromatic carbocycles. The molecule has 0 fully saturated rings. The summed E-state index contributed by atoms with van der Waals surface area (Å²) < 4.78 is 42.7. The van der Waals surface area contributed by atoms with Crippen molar-refractivity contribution >= 4 is 17.1 Å². The zero-order valence-corrected chi connectivity index (χ0v) is 20.5. The highest BCUT2D eigenvalue weighted by Gasteiger charge is 2.35. The van der Waals surface area contributed by atoms with Crippen molar-refractivity contribution in [2.75, 3.05) is 4.90 Å². The molecular formula is C33H24F3N. The van der Waals surface area contributed by atoms with Gasteiger partial charge in [0.05, 0.1) is 11.4 Å². The maximum atomic E-state index is 14.5. The second-order valence-corrected chi connectivity index (χ2v) is 9.89. The van der Waals surface area contributed by atoms with Crippen molar-refractivity contribution in [2.45, 2.75) is 19.3 Å². The van der Waals surface area contributed by atoms with E-state index in [4.69, 9.17) is 0 Å². The van der Waals surface area contributed by atoms with Crippen LogP contribution in [0.3, 0.4) is 0 Å². The summed E-state index contributed by atoms with van der Waals surface area (Å²) in [4.78, 5) is 1.87. The Hall–Kier alpha value is -4.31. The number of hydrogen-bond acceptors (Lipinski definition) is 1. The normalized spacial score (nSPS) is 13.2. The van der Waals surface area contributed by atoms with E-state index < -0.39 is 11.6 Å². The molecule has 0 saturated carbocycles. The van der Waals surface area contributed by atoms with Crippen molar-refractivity contribution < 1.29 is 13.2 Å². The summed E-state index contributed by atoms with van der Waals surface area (Å²) in [6.45, 7) is 4.39. The maximum absolute atomic E-state index is 14.5. The quantitative estimate of drug-likeness (QED) is 0.242. The lowest BCUT2D eigenvalue weighted by Crippen LogP contribution is -2.17. The number of rotatable bonds is 4. The van der Waals surface area contributed by atoms with Gasteiger partial charge < -0.3 is 4.90 Å². The first-order valence-corrected chi connectivity index (χ1v) is 12.2. The van der Waals surface area contributed by atoms with E-state index in [-0.39, 0.29) is 11.2 Å². The Morgan fingerprint density at radius 2 is 1.14 bits per heavy atom. The van der Waals surface area contributed by atoms with Crippen LogP contribution in [0.4, 0.5) is 30.2 Å². The minimum atomic E-state index is -0.659. The molecule has 0 unspecified atom stereocenters. The Morgan fingerprint density at radius 1 is 0.514 bits per heavy atom. The fourth-order valence-corrected chi connectivity index (χ4v) is 5.47. The predicted molar refractivity (Wildman–Crippen MR) is 144 cm³/mol. The molecule has 0 amide bonds. The number of para-hydroxylation sites is 1. The summed E-state index contributed by atoms with van der Waals surface area (Å²) in [5, 5.41) is 0. The fraction of sp³-hybridized carbons (Fsp3) is 0.0909. The third-order valence-corrected chi connectivity index (χ3v) is 7.23. The molecule has 1 nitrogen and oxygen atoms in total. The second-order valence-electron chi connectivity index (χ2n) is 9.89. The first-order chi connectivity index (χ1) is 17.8. The fourth-order valence-electron chi connectivity index (χ4n) is 5.47.